The fraction of sp³-hybridized carbons (Fsp3) is 0.0769. The summed E-state index contributed by atoms with van der Waals surface area (Å²) in [6, 6.07) is 18.7. The number of nitrogens with zero attached hydrogens (tertiary/aromatic N) is 2. The summed E-state index contributed by atoms with van der Waals surface area (Å²) in [5.74, 6) is -3.95. The molecule has 37 heavy (non-hydrogen) atoms. The molecule has 0 radical (unpaired) electrons. The molecule has 3 aromatic rings. The summed E-state index contributed by atoms with van der Waals surface area (Å²) in [5, 5.41) is 8.59. The Kier molecular flexibility index (Phi) is 7.54. The molecule has 1 saturated heterocycles. The van der Waals surface area contributed by atoms with Crippen LogP contribution in [0.4, 0.5) is 16.2 Å². The van der Waals surface area contributed by atoms with Crippen LogP contribution in [-0.2, 0) is 9.59 Å². The van der Waals surface area contributed by atoms with Gasteiger partial charge in [-0.3, -0.25) is 24.5 Å². The van der Waals surface area contributed by atoms with Crippen LogP contribution >= 0.6 is 15.9 Å². The Morgan fingerprint density at radius 3 is 2.14 bits per heavy atom. The second-order valence-corrected chi connectivity index (χ2v) is 8.95. The first-order valence-corrected chi connectivity index (χ1v) is 11.8. The van der Waals surface area contributed by atoms with Gasteiger partial charge in [0.25, 0.3) is 17.7 Å². The maximum Gasteiger partial charge on any atom is 0.335 e. The molecule has 186 valence electrons. The highest BCUT2D eigenvalue weighted by atomic mass is 79.9. The molecule has 6 amide bonds. The van der Waals surface area contributed by atoms with Crippen molar-refractivity contribution in [1.29, 1.82) is 0 Å². The molecule has 0 aliphatic carbocycles. The third-order valence-corrected chi connectivity index (χ3v) is 5.92. The number of urea groups is 1. The van der Waals surface area contributed by atoms with Gasteiger partial charge in [-0.05, 0) is 67.6 Å². The SMILES string of the molecule is Cc1ccc(C(=O)Nc2ccc(C(=O)N/N=C\[C@H]3C(=O)NC(=O)N(c4ccc(Br)cc4)C3=O)cc2)cc1. The Labute approximate surface area is 219 Å². The number of carbonyl (C=O) groups is 5. The van der Waals surface area contributed by atoms with E-state index in [9.17, 15) is 24.0 Å². The van der Waals surface area contributed by atoms with E-state index in [1.165, 1.54) is 12.1 Å². The van der Waals surface area contributed by atoms with Gasteiger partial charge >= 0.3 is 6.03 Å². The van der Waals surface area contributed by atoms with Crippen molar-refractivity contribution in [3.63, 3.8) is 0 Å². The minimum absolute atomic E-state index is 0.233. The lowest BCUT2D eigenvalue weighted by atomic mass is 10.1. The maximum absolute atomic E-state index is 12.8. The Balaban J connectivity index is 1.37. The molecule has 1 heterocycles. The Morgan fingerprint density at radius 1 is 0.892 bits per heavy atom. The lowest BCUT2D eigenvalue weighted by Crippen LogP contribution is -2.58. The highest BCUT2D eigenvalue weighted by Gasteiger charge is 2.40. The van der Waals surface area contributed by atoms with Crippen LogP contribution in [0.25, 0.3) is 0 Å². The number of barbiturate groups is 1. The van der Waals surface area contributed by atoms with Gasteiger partial charge in [0, 0.05) is 27.5 Å². The summed E-state index contributed by atoms with van der Waals surface area (Å²) in [4.78, 5) is 62.9. The molecule has 3 aromatic carbocycles. The van der Waals surface area contributed by atoms with Crippen molar-refractivity contribution in [2.24, 2.45) is 11.0 Å². The molecule has 0 saturated carbocycles. The van der Waals surface area contributed by atoms with Crippen LogP contribution in [0.15, 0.2) is 82.4 Å². The Bertz CT molecular complexity index is 1400. The molecule has 10 nitrogen and oxygen atoms in total. The summed E-state index contributed by atoms with van der Waals surface area (Å²) in [6.45, 7) is 1.93. The van der Waals surface area contributed by atoms with Crippen molar-refractivity contribution >= 4 is 63.2 Å². The van der Waals surface area contributed by atoms with Gasteiger partial charge in [-0.2, -0.15) is 5.10 Å². The lowest BCUT2D eigenvalue weighted by Gasteiger charge is -2.28. The molecule has 0 spiro atoms. The predicted octanol–water partition coefficient (Wildman–Crippen LogP) is 3.62. The topological polar surface area (TPSA) is 137 Å². The van der Waals surface area contributed by atoms with Crippen LogP contribution in [0.2, 0.25) is 0 Å². The van der Waals surface area contributed by atoms with Gasteiger partial charge in [-0.25, -0.2) is 15.1 Å². The zero-order chi connectivity index (χ0) is 26.5. The molecule has 0 bridgehead atoms. The number of aryl methyl sites for hydroxylation is 1. The molecular formula is C26H20BrN5O5. The fourth-order valence-corrected chi connectivity index (χ4v) is 3.67. The predicted molar refractivity (Wildman–Crippen MR) is 140 cm³/mol. The molecule has 1 aliphatic rings. The minimum Gasteiger partial charge on any atom is -0.322 e. The van der Waals surface area contributed by atoms with E-state index < -0.39 is 29.7 Å². The minimum atomic E-state index is -1.42. The van der Waals surface area contributed by atoms with Crippen LogP contribution in [0.1, 0.15) is 26.3 Å². The average Bonchev–Trinajstić information content (AvgIpc) is 2.87. The monoisotopic (exact) mass is 561 g/mol. The number of rotatable bonds is 6. The molecule has 1 aliphatic heterocycles. The quantitative estimate of drug-likeness (QED) is 0.240. The first kappa shape index (κ1) is 25.5. The van der Waals surface area contributed by atoms with E-state index in [0.29, 0.717) is 11.3 Å². The van der Waals surface area contributed by atoms with Crippen molar-refractivity contribution in [3.8, 4) is 0 Å². The number of hydrazone groups is 1. The van der Waals surface area contributed by atoms with Crippen molar-refractivity contribution in [2.45, 2.75) is 6.92 Å². The first-order valence-electron chi connectivity index (χ1n) is 11.0. The Hall–Kier alpha value is -4.64. The number of nitrogens with one attached hydrogen (secondary N) is 3. The highest BCUT2D eigenvalue weighted by molar-refractivity contribution is 9.10. The second-order valence-electron chi connectivity index (χ2n) is 8.04. The summed E-state index contributed by atoms with van der Waals surface area (Å²) in [6.07, 6.45) is 0.962. The number of halogens is 1. The van der Waals surface area contributed by atoms with E-state index >= 15 is 0 Å². The van der Waals surface area contributed by atoms with Gasteiger partial charge < -0.3 is 5.32 Å². The van der Waals surface area contributed by atoms with Gasteiger partial charge in [0.1, 0.15) is 0 Å². The van der Waals surface area contributed by atoms with Crippen LogP contribution < -0.4 is 21.0 Å². The van der Waals surface area contributed by atoms with Gasteiger partial charge in [0.15, 0.2) is 5.92 Å². The number of carbonyl (C=O) groups excluding carboxylic acids is 5. The molecule has 0 aromatic heterocycles. The molecule has 0 unspecified atom stereocenters. The van der Waals surface area contributed by atoms with Crippen LogP contribution in [0.5, 0.6) is 0 Å². The molecule has 11 heteroatoms. The highest BCUT2D eigenvalue weighted by Crippen LogP contribution is 2.22. The molecule has 1 fully saturated rings. The Morgan fingerprint density at radius 2 is 1.49 bits per heavy atom. The molecule has 4 rings (SSSR count). The summed E-state index contributed by atoms with van der Waals surface area (Å²) < 4.78 is 0.750. The van der Waals surface area contributed by atoms with E-state index in [2.05, 4.69) is 37.1 Å². The molecular weight excluding hydrogens is 542 g/mol. The standard InChI is InChI=1S/C26H20BrN5O5/c1-15-2-4-16(5-3-15)22(33)29-19-10-6-17(7-11-19)23(34)31-28-14-21-24(35)30-26(37)32(25(21)36)20-12-8-18(27)9-13-20/h2-14,21H,1H3,(H,29,33)(H,31,34)(H,30,35,37)/b28-14-/t21-/m0/s1. The van der Waals surface area contributed by atoms with E-state index in [4.69, 9.17) is 0 Å². The third-order valence-electron chi connectivity index (χ3n) is 5.40. The average molecular weight is 562 g/mol. The summed E-state index contributed by atoms with van der Waals surface area (Å²) >= 11 is 3.28. The van der Waals surface area contributed by atoms with Crippen molar-refractivity contribution in [1.82, 2.24) is 10.7 Å². The normalized spacial score (nSPS) is 15.5. The maximum atomic E-state index is 12.8. The summed E-state index contributed by atoms with van der Waals surface area (Å²) in [5.41, 5.74) is 4.80. The summed E-state index contributed by atoms with van der Waals surface area (Å²) in [7, 11) is 0. The zero-order valence-electron chi connectivity index (χ0n) is 19.4. The van der Waals surface area contributed by atoms with Gasteiger partial charge in [0.05, 0.1) is 5.69 Å². The van der Waals surface area contributed by atoms with Crippen LogP contribution in [-0.4, -0.2) is 35.9 Å². The zero-order valence-corrected chi connectivity index (χ0v) is 21.0. The van der Waals surface area contributed by atoms with Gasteiger partial charge in [-0.1, -0.05) is 33.6 Å². The second kappa shape index (κ2) is 11.0. The number of anilines is 2. The molecule has 3 N–H and O–H groups in total. The molecule has 1 atom stereocenters. The smallest absolute Gasteiger partial charge is 0.322 e. The van der Waals surface area contributed by atoms with Crippen molar-refractivity contribution in [3.05, 3.63) is 94.0 Å². The number of benzene rings is 3. The van der Waals surface area contributed by atoms with Gasteiger partial charge in [0.2, 0.25) is 5.91 Å². The van der Waals surface area contributed by atoms with Crippen molar-refractivity contribution < 1.29 is 24.0 Å². The van der Waals surface area contributed by atoms with E-state index in [1.807, 2.05) is 19.1 Å². The third kappa shape index (κ3) is 5.96. The number of hydrogen-bond donors (Lipinski definition) is 3. The lowest BCUT2D eigenvalue weighted by molar-refractivity contribution is -0.131. The number of hydrogen-bond acceptors (Lipinski definition) is 6. The van der Waals surface area contributed by atoms with Crippen molar-refractivity contribution in [2.75, 3.05) is 10.2 Å². The fourth-order valence-electron chi connectivity index (χ4n) is 3.40. The first-order chi connectivity index (χ1) is 17.7. The van der Waals surface area contributed by atoms with E-state index in [1.54, 1.807) is 48.5 Å². The van der Waals surface area contributed by atoms with E-state index in [-0.39, 0.29) is 17.2 Å². The largest absolute Gasteiger partial charge is 0.335 e. The van der Waals surface area contributed by atoms with Gasteiger partial charge in [-0.15, -0.1) is 0 Å². The van der Waals surface area contributed by atoms with Crippen LogP contribution in [0.3, 0.4) is 0 Å². The number of amides is 6. The van der Waals surface area contributed by atoms with E-state index in [0.717, 1.165) is 21.2 Å². The number of imide groups is 2. The van der Waals surface area contributed by atoms with Crippen LogP contribution in [0, 0.1) is 12.8 Å².